The van der Waals surface area contributed by atoms with Crippen molar-refractivity contribution in [2.24, 2.45) is 11.8 Å². The van der Waals surface area contributed by atoms with Gasteiger partial charge in [-0.25, -0.2) is 0 Å². The molecule has 10 nitrogen and oxygen atoms in total. The summed E-state index contributed by atoms with van der Waals surface area (Å²) in [5, 5.41) is 18.5. The Kier molecular flexibility index (Phi) is 13.3. The zero-order chi connectivity index (χ0) is 39.3. The van der Waals surface area contributed by atoms with Crippen molar-refractivity contribution in [3.63, 3.8) is 0 Å². The molecule has 2 spiro atoms. The number of carboxylic acids is 2. The lowest BCUT2D eigenvalue weighted by molar-refractivity contribution is -0.275. The highest BCUT2D eigenvalue weighted by Crippen LogP contribution is 2.42. The minimum Gasteiger partial charge on any atom is -0.481 e. The number of carboxylic acid groups (broad SMARTS) is 2. The van der Waals surface area contributed by atoms with Gasteiger partial charge in [0.2, 0.25) is 0 Å². The molecular formula is C36H42Cl2F6N2O8. The molecule has 2 aromatic rings. The molecule has 300 valence electrons. The van der Waals surface area contributed by atoms with Gasteiger partial charge >= 0.3 is 24.7 Å². The number of hydrogen-bond donors (Lipinski definition) is 2. The van der Waals surface area contributed by atoms with Gasteiger partial charge in [0, 0.05) is 38.3 Å². The number of halogens is 8. The minimum atomic E-state index is -4.75. The summed E-state index contributed by atoms with van der Waals surface area (Å²) in [6.07, 6.45) is -3.20. The lowest BCUT2D eigenvalue weighted by Gasteiger charge is -2.46. The van der Waals surface area contributed by atoms with Gasteiger partial charge < -0.3 is 39.0 Å². The number of anilines is 2. The molecule has 0 aliphatic carbocycles. The summed E-state index contributed by atoms with van der Waals surface area (Å²) < 4.78 is 94.7. The highest BCUT2D eigenvalue weighted by molar-refractivity contribution is 6.33. The van der Waals surface area contributed by atoms with Crippen molar-refractivity contribution in [2.75, 3.05) is 49.2 Å². The molecule has 0 radical (unpaired) electrons. The van der Waals surface area contributed by atoms with Gasteiger partial charge in [0.1, 0.15) is 11.5 Å². The van der Waals surface area contributed by atoms with Gasteiger partial charge in [-0.1, -0.05) is 23.2 Å². The van der Waals surface area contributed by atoms with Crippen molar-refractivity contribution in [3.8, 4) is 11.5 Å². The van der Waals surface area contributed by atoms with Crippen molar-refractivity contribution in [2.45, 2.75) is 88.1 Å². The summed E-state index contributed by atoms with van der Waals surface area (Å²) in [6, 6.07) is 7.79. The molecule has 2 atom stereocenters. The predicted molar refractivity (Wildman–Crippen MR) is 186 cm³/mol. The Morgan fingerprint density at radius 3 is 1.30 bits per heavy atom. The molecule has 4 saturated heterocycles. The van der Waals surface area contributed by atoms with Gasteiger partial charge in [0.05, 0.1) is 58.7 Å². The number of rotatable bonds is 8. The summed E-state index contributed by atoms with van der Waals surface area (Å²) in [7, 11) is 0. The lowest BCUT2D eigenvalue weighted by Crippen LogP contribution is -2.49. The zero-order valence-electron chi connectivity index (χ0n) is 29.2. The van der Waals surface area contributed by atoms with Crippen molar-refractivity contribution in [3.05, 3.63) is 46.4 Å². The Bertz CT molecular complexity index is 1480. The van der Waals surface area contributed by atoms with E-state index in [1.165, 1.54) is 36.4 Å². The van der Waals surface area contributed by atoms with Crippen molar-refractivity contribution < 1.29 is 65.1 Å². The van der Waals surface area contributed by atoms with Gasteiger partial charge in [-0.3, -0.25) is 9.59 Å². The first-order valence-electron chi connectivity index (χ1n) is 17.6. The van der Waals surface area contributed by atoms with Crippen LogP contribution in [0.1, 0.15) is 64.2 Å². The van der Waals surface area contributed by atoms with Crippen molar-refractivity contribution >= 4 is 46.5 Å². The molecule has 4 aliphatic rings. The lowest BCUT2D eigenvalue weighted by atomic mass is 9.81. The Balaban J connectivity index is 0.000000208. The third kappa shape index (κ3) is 11.8. The molecule has 0 aromatic heterocycles. The average molecular weight is 816 g/mol. The van der Waals surface area contributed by atoms with Crippen LogP contribution >= 0.6 is 23.2 Å². The molecule has 6 rings (SSSR count). The Hall–Kier alpha value is -3.34. The maximum Gasteiger partial charge on any atom is 0.573 e. The largest absolute Gasteiger partial charge is 0.573 e. The summed E-state index contributed by atoms with van der Waals surface area (Å²) in [6.45, 7) is 3.25. The Morgan fingerprint density at radius 2 is 1.02 bits per heavy atom. The van der Waals surface area contributed by atoms with E-state index in [2.05, 4.69) is 9.47 Å². The van der Waals surface area contributed by atoms with Crippen LogP contribution in [0.4, 0.5) is 37.7 Å². The first-order valence-corrected chi connectivity index (χ1v) is 18.4. The molecule has 4 heterocycles. The van der Waals surface area contributed by atoms with Crippen LogP contribution in [0.15, 0.2) is 36.4 Å². The number of aliphatic carboxylic acids is 2. The van der Waals surface area contributed by atoms with Gasteiger partial charge in [-0.2, -0.15) is 0 Å². The second kappa shape index (κ2) is 17.2. The summed E-state index contributed by atoms with van der Waals surface area (Å²) in [4.78, 5) is 25.5. The highest BCUT2D eigenvalue weighted by Gasteiger charge is 2.42. The second-order valence-electron chi connectivity index (χ2n) is 14.3. The van der Waals surface area contributed by atoms with E-state index in [4.69, 9.17) is 42.9 Å². The summed E-state index contributed by atoms with van der Waals surface area (Å²) in [5.41, 5.74) is 0.455. The van der Waals surface area contributed by atoms with Gasteiger partial charge in [0.15, 0.2) is 0 Å². The average Bonchev–Trinajstić information content (AvgIpc) is 3.08. The van der Waals surface area contributed by atoms with Crippen LogP contribution in [0, 0.1) is 11.8 Å². The quantitative estimate of drug-likeness (QED) is 0.250. The fourth-order valence-electron chi connectivity index (χ4n) is 7.61. The van der Waals surface area contributed by atoms with Crippen LogP contribution in [0.3, 0.4) is 0 Å². The molecule has 0 amide bonds. The van der Waals surface area contributed by atoms with Crippen LogP contribution in [-0.4, -0.2) is 85.5 Å². The number of piperidine rings is 2. The fraction of sp³-hybridized carbons (Fsp3) is 0.611. The number of nitrogens with zero attached hydrogens (tertiary/aromatic N) is 2. The van der Waals surface area contributed by atoms with E-state index in [9.17, 15) is 35.9 Å². The topological polar surface area (TPSA) is 118 Å². The van der Waals surface area contributed by atoms with Crippen LogP contribution in [0.25, 0.3) is 0 Å². The maximum absolute atomic E-state index is 12.4. The van der Waals surface area contributed by atoms with Crippen LogP contribution in [0.2, 0.25) is 10.0 Å². The normalized spacial score (nSPS) is 22.7. The Morgan fingerprint density at radius 1 is 0.667 bits per heavy atom. The van der Waals surface area contributed by atoms with E-state index >= 15 is 0 Å². The van der Waals surface area contributed by atoms with E-state index in [1.807, 2.05) is 9.80 Å². The van der Waals surface area contributed by atoms with Gasteiger partial charge in [-0.05, 0) is 87.5 Å². The number of benzene rings is 2. The maximum atomic E-state index is 12.4. The molecule has 2 N–H and O–H groups in total. The van der Waals surface area contributed by atoms with E-state index in [0.717, 1.165) is 25.7 Å². The molecule has 18 heteroatoms. The van der Waals surface area contributed by atoms with Gasteiger partial charge in [0.25, 0.3) is 0 Å². The number of ether oxygens (including phenoxy) is 4. The molecular weight excluding hydrogens is 773 g/mol. The predicted octanol–water partition coefficient (Wildman–Crippen LogP) is 8.96. The zero-order valence-corrected chi connectivity index (χ0v) is 30.7. The monoisotopic (exact) mass is 814 g/mol. The molecule has 0 unspecified atom stereocenters. The van der Waals surface area contributed by atoms with Gasteiger partial charge in [-0.15, -0.1) is 26.3 Å². The van der Waals surface area contributed by atoms with Crippen molar-refractivity contribution in [1.29, 1.82) is 0 Å². The smallest absolute Gasteiger partial charge is 0.481 e. The molecule has 0 saturated carbocycles. The molecule has 0 bridgehead atoms. The van der Waals surface area contributed by atoms with Crippen LogP contribution in [0.5, 0.6) is 11.5 Å². The first kappa shape index (κ1) is 41.8. The summed E-state index contributed by atoms with van der Waals surface area (Å²) >= 11 is 12.4. The third-order valence-corrected chi connectivity index (χ3v) is 11.2. The summed E-state index contributed by atoms with van der Waals surface area (Å²) in [5.74, 6) is -2.15. The van der Waals surface area contributed by atoms with Crippen molar-refractivity contribution in [1.82, 2.24) is 0 Å². The SMILES string of the molecule is O=C(O)C[C@@H]1CCC2(CCN(c3cc(OC(F)(F)F)ccc3Cl)CC2)OC1.O=C(O)C[C@H]1CCC2(CCN(c3cc(OC(F)(F)F)ccc3Cl)CC2)OC1. The number of carbonyl (C=O) groups is 2. The second-order valence-corrected chi connectivity index (χ2v) is 15.1. The van der Waals surface area contributed by atoms with Crippen LogP contribution < -0.4 is 19.3 Å². The molecule has 54 heavy (non-hydrogen) atoms. The third-order valence-electron chi connectivity index (χ3n) is 10.5. The Labute approximate surface area is 318 Å². The van der Waals surface area contributed by atoms with E-state index in [-0.39, 0.29) is 47.4 Å². The minimum absolute atomic E-state index is 0.0387. The van der Waals surface area contributed by atoms with E-state index < -0.39 is 24.7 Å². The number of hydrogen-bond acceptors (Lipinski definition) is 8. The fourth-order valence-corrected chi connectivity index (χ4v) is 8.09. The molecule has 2 aromatic carbocycles. The van der Waals surface area contributed by atoms with E-state index in [1.54, 1.807) is 0 Å². The number of alkyl halides is 6. The van der Waals surface area contributed by atoms with E-state index in [0.29, 0.717) is 86.5 Å². The van der Waals surface area contributed by atoms with Crippen LogP contribution in [-0.2, 0) is 19.1 Å². The molecule has 4 fully saturated rings. The highest BCUT2D eigenvalue weighted by atomic mass is 35.5. The standard InChI is InChI=1S/2C18H21ClF3NO4/c2*19-14-2-1-13(27-18(20,21)22)10-15(14)23-7-5-17(6-8-23)4-3-12(11-26-17)9-16(24)25/h2*1-2,10,12H,3-9,11H2,(H,24,25)/t2*12-/m10/s1. The first-order chi connectivity index (χ1) is 25.3. The molecule has 4 aliphatic heterocycles.